The van der Waals surface area contributed by atoms with Gasteiger partial charge in [0.25, 0.3) is 0 Å². The van der Waals surface area contributed by atoms with Gasteiger partial charge in [0.15, 0.2) is 0 Å². The summed E-state index contributed by atoms with van der Waals surface area (Å²) in [6.45, 7) is 6.89. The molecule has 0 saturated heterocycles. The summed E-state index contributed by atoms with van der Waals surface area (Å²) >= 11 is 0. The lowest BCUT2D eigenvalue weighted by Gasteiger charge is -2.13. The lowest BCUT2D eigenvalue weighted by Crippen LogP contribution is -2.20. The topological polar surface area (TPSA) is 21.3 Å². The van der Waals surface area contributed by atoms with Crippen LogP contribution in [-0.4, -0.2) is 19.8 Å². The van der Waals surface area contributed by atoms with Crippen molar-refractivity contribution in [2.45, 2.75) is 26.3 Å². The molecule has 1 aromatic rings. The smallest absolute Gasteiger partial charge is 0.0477 e. The van der Waals surface area contributed by atoms with Gasteiger partial charge in [0, 0.05) is 19.3 Å². The largest absolute Gasteiger partial charge is 0.382 e. The first kappa shape index (κ1) is 12.2. The van der Waals surface area contributed by atoms with Crippen LogP contribution in [0.25, 0.3) is 0 Å². The molecule has 1 N–H and O–H groups in total. The number of hydrogen-bond acceptors (Lipinski definition) is 2. The van der Waals surface area contributed by atoms with Crippen molar-refractivity contribution in [3.63, 3.8) is 0 Å². The van der Waals surface area contributed by atoms with Crippen molar-refractivity contribution < 1.29 is 4.74 Å². The molecule has 0 radical (unpaired) electrons. The molecule has 0 unspecified atom stereocenters. The van der Waals surface area contributed by atoms with E-state index in [1.807, 2.05) is 13.0 Å². The van der Waals surface area contributed by atoms with Gasteiger partial charge in [-0.3, -0.25) is 0 Å². The molecule has 0 saturated carbocycles. The van der Waals surface area contributed by atoms with Crippen LogP contribution < -0.4 is 5.32 Å². The number of benzene rings is 1. The van der Waals surface area contributed by atoms with Gasteiger partial charge in [-0.1, -0.05) is 30.3 Å². The van der Waals surface area contributed by atoms with Crippen LogP contribution in [0.15, 0.2) is 30.3 Å². The van der Waals surface area contributed by atoms with Gasteiger partial charge in [-0.25, -0.2) is 0 Å². The minimum absolute atomic E-state index is 0.424. The van der Waals surface area contributed by atoms with Crippen molar-refractivity contribution in [3.05, 3.63) is 35.9 Å². The van der Waals surface area contributed by atoms with Gasteiger partial charge in [0.1, 0.15) is 0 Å². The molecule has 0 heterocycles. The van der Waals surface area contributed by atoms with E-state index in [1.54, 1.807) is 0 Å². The fraction of sp³-hybridized carbons (Fsp3) is 0.538. The van der Waals surface area contributed by atoms with Crippen LogP contribution in [0.5, 0.6) is 0 Å². The van der Waals surface area contributed by atoms with E-state index in [0.29, 0.717) is 6.04 Å². The Labute approximate surface area is 92.6 Å². The van der Waals surface area contributed by atoms with Crippen molar-refractivity contribution in [1.29, 1.82) is 0 Å². The third-order valence-electron chi connectivity index (χ3n) is 2.42. The summed E-state index contributed by atoms with van der Waals surface area (Å²) in [4.78, 5) is 0. The van der Waals surface area contributed by atoms with Crippen LogP contribution in [0, 0.1) is 0 Å². The van der Waals surface area contributed by atoms with Crippen molar-refractivity contribution in [2.75, 3.05) is 19.8 Å². The van der Waals surface area contributed by atoms with Crippen molar-refractivity contribution >= 4 is 0 Å². The maximum absolute atomic E-state index is 5.28. The van der Waals surface area contributed by atoms with Gasteiger partial charge in [-0.2, -0.15) is 0 Å². The Balaban J connectivity index is 2.16. The second-order valence-corrected chi connectivity index (χ2v) is 3.64. The molecule has 0 bridgehead atoms. The molecular formula is C13H21NO. The maximum atomic E-state index is 5.28. The molecule has 0 aliphatic carbocycles. The molecule has 0 aliphatic rings. The zero-order valence-corrected chi connectivity index (χ0v) is 9.70. The fourth-order valence-corrected chi connectivity index (χ4v) is 1.50. The van der Waals surface area contributed by atoms with Crippen molar-refractivity contribution in [2.24, 2.45) is 0 Å². The predicted molar refractivity (Wildman–Crippen MR) is 64.0 cm³/mol. The zero-order valence-electron chi connectivity index (χ0n) is 9.70. The van der Waals surface area contributed by atoms with Crippen LogP contribution in [0.4, 0.5) is 0 Å². The van der Waals surface area contributed by atoms with Crippen LogP contribution in [0.1, 0.15) is 31.9 Å². The average molecular weight is 207 g/mol. The Kier molecular flexibility index (Phi) is 6.05. The molecule has 84 valence electrons. The molecule has 1 aromatic carbocycles. The summed E-state index contributed by atoms with van der Waals surface area (Å²) in [5, 5.41) is 3.48. The first-order chi connectivity index (χ1) is 7.34. The van der Waals surface area contributed by atoms with Crippen molar-refractivity contribution in [3.8, 4) is 0 Å². The normalized spacial score (nSPS) is 12.7. The van der Waals surface area contributed by atoms with Crippen LogP contribution in [0.2, 0.25) is 0 Å². The average Bonchev–Trinajstić information content (AvgIpc) is 2.30. The van der Waals surface area contributed by atoms with Crippen molar-refractivity contribution in [1.82, 2.24) is 5.32 Å². The second-order valence-electron chi connectivity index (χ2n) is 3.64. The van der Waals surface area contributed by atoms with Gasteiger partial charge in [-0.15, -0.1) is 0 Å². The van der Waals surface area contributed by atoms with E-state index in [0.717, 1.165) is 26.2 Å². The van der Waals surface area contributed by atoms with Gasteiger partial charge in [-0.05, 0) is 32.4 Å². The molecule has 0 aliphatic heterocycles. The Hall–Kier alpha value is -0.860. The van der Waals surface area contributed by atoms with Gasteiger partial charge < -0.3 is 10.1 Å². The third kappa shape index (κ3) is 4.96. The Morgan fingerprint density at radius 2 is 2.00 bits per heavy atom. The highest BCUT2D eigenvalue weighted by Gasteiger charge is 2.02. The molecule has 0 amide bonds. The van der Waals surface area contributed by atoms with Gasteiger partial charge >= 0.3 is 0 Å². The summed E-state index contributed by atoms with van der Waals surface area (Å²) in [5.74, 6) is 0. The SMILES string of the molecule is CCOCCCN[C@@H](C)c1ccccc1. The monoisotopic (exact) mass is 207 g/mol. The molecule has 2 nitrogen and oxygen atoms in total. The number of hydrogen-bond donors (Lipinski definition) is 1. The highest BCUT2D eigenvalue weighted by molar-refractivity contribution is 5.17. The summed E-state index contributed by atoms with van der Waals surface area (Å²) in [5.41, 5.74) is 1.34. The zero-order chi connectivity index (χ0) is 10.9. The molecule has 1 rings (SSSR count). The van der Waals surface area contributed by atoms with Crippen LogP contribution in [0.3, 0.4) is 0 Å². The fourth-order valence-electron chi connectivity index (χ4n) is 1.50. The Morgan fingerprint density at radius 1 is 1.27 bits per heavy atom. The molecule has 0 spiro atoms. The number of rotatable bonds is 7. The summed E-state index contributed by atoms with van der Waals surface area (Å²) in [6, 6.07) is 10.9. The first-order valence-electron chi connectivity index (χ1n) is 5.70. The van der Waals surface area contributed by atoms with Gasteiger partial charge in [0.2, 0.25) is 0 Å². The lowest BCUT2D eigenvalue weighted by atomic mass is 10.1. The van der Waals surface area contributed by atoms with E-state index in [4.69, 9.17) is 4.74 Å². The van der Waals surface area contributed by atoms with E-state index in [2.05, 4.69) is 36.5 Å². The summed E-state index contributed by atoms with van der Waals surface area (Å²) in [6.07, 6.45) is 1.07. The maximum Gasteiger partial charge on any atom is 0.0477 e. The highest BCUT2D eigenvalue weighted by atomic mass is 16.5. The minimum atomic E-state index is 0.424. The number of nitrogens with one attached hydrogen (secondary N) is 1. The van der Waals surface area contributed by atoms with Crippen LogP contribution in [-0.2, 0) is 4.74 Å². The summed E-state index contributed by atoms with van der Waals surface area (Å²) < 4.78 is 5.28. The minimum Gasteiger partial charge on any atom is -0.382 e. The quantitative estimate of drug-likeness (QED) is 0.694. The second kappa shape index (κ2) is 7.43. The highest BCUT2D eigenvalue weighted by Crippen LogP contribution is 2.10. The molecule has 0 aromatic heterocycles. The molecule has 0 fully saturated rings. The van der Waals surface area contributed by atoms with Gasteiger partial charge in [0.05, 0.1) is 0 Å². The first-order valence-corrected chi connectivity index (χ1v) is 5.70. The summed E-state index contributed by atoms with van der Waals surface area (Å²) in [7, 11) is 0. The van der Waals surface area contributed by atoms with E-state index < -0.39 is 0 Å². The molecule has 15 heavy (non-hydrogen) atoms. The number of ether oxygens (including phenoxy) is 1. The molecular weight excluding hydrogens is 186 g/mol. The van der Waals surface area contributed by atoms with Crippen LogP contribution >= 0.6 is 0 Å². The van der Waals surface area contributed by atoms with E-state index in [1.165, 1.54) is 5.56 Å². The lowest BCUT2D eigenvalue weighted by molar-refractivity contribution is 0.144. The molecule has 1 atom stereocenters. The Bertz CT molecular complexity index is 248. The Morgan fingerprint density at radius 3 is 2.67 bits per heavy atom. The van der Waals surface area contributed by atoms with E-state index >= 15 is 0 Å². The standard InChI is InChI=1S/C13H21NO/c1-3-15-11-7-10-14-12(2)13-8-5-4-6-9-13/h4-6,8-9,12,14H,3,7,10-11H2,1-2H3/t12-/m0/s1. The predicted octanol–water partition coefficient (Wildman–Crippen LogP) is 2.76. The van der Waals surface area contributed by atoms with E-state index in [9.17, 15) is 0 Å². The molecule has 2 heteroatoms. The third-order valence-corrected chi connectivity index (χ3v) is 2.42. The van der Waals surface area contributed by atoms with E-state index in [-0.39, 0.29) is 0 Å².